The molecule has 1 aliphatic heterocycles. The van der Waals surface area contributed by atoms with E-state index in [4.69, 9.17) is 4.74 Å². The van der Waals surface area contributed by atoms with Gasteiger partial charge in [-0.05, 0) is 49.9 Å². The normalized spacial score (nSPS) is 19.6. The summed E-state index contributed by atoms with van der Waals surface area (Å²) in [7, 11) is 5.13. The number of nitrogens with one attached hydrogen (secondary N) is 1. The highest BCUT2D eigenvalue weighted by molar-refractivity contribution is 6.00. The fraction of sp³-hybridized carbons (Fsp3) is 0.462. The summed E-state index contributed by atoms with van der Waals surface area (Å²) < 4.78 is 5.34. The zero-order valence-electron chi connectivity index (χ0n) is 21.3. The van der Waals surface area contributed by atoms with Crippen molar-refractivity contribution in [2.45, 2.75) is 31.9 Å². The summed E-state index contributed by atoms with van der Waals surface area (Å²) >= 11 is 0. The number of amides is 3. The van der Waals surface area contributed by atoms with Gasteiger partial charge in [0.2, 0.25) is 5.91 Å². The Morgan fingerprint density at radius 3 is 2.78 bits per heavy atom. The van der Waals surface area contributed by atoms with Gasteiger partial charge in [-0.2, -0.15) is 5.26 Å². The zero-order chi connectivity index (χ0) is 26.5. The van der Waals surface area contributed by atoms with E-state index < -0.39 is 6.03 Å². The van der Waals surface area contributed by atoms with Crippen LogP contribution in [-0.2, 0) is 22.5 Å². The van der Waals surface area contributed by atoms with Crippen molar-refractivity contribution in [2.24, 2.45) is 5.92 Å². The Kier molecular flexibility index (Phi) is 8.11. The number of nitrogens with zero attached hydrogens (tertiary/aromatic N) is 6. The molecule has 0 unspecified atom stereocenters. The van der Waals surface area contributed by atoms with Gasteiger partial charge in [0, 0.05) is 45.6 Å². The van der Waals surface area contributed by atoms with Crippen LogP contribution < -0.4 is 10.2 Å². The number of aromatic nitrogens is 2. The molecule has 3 amide bonds. The van der Waals surface area contributed by atoms with Crippen molar-refractivity contribution in [3.05, 3.63) is 46.8 Å². The van der Waals surface area contributed by atoms with Gasteiger partial charge >= 0.3 is 6.03 Å². The molecule has 11 nitrogen and oxygen atoms in total. The molecule has 0 bridgehead atoms. The van der Waals surface area contributed by atoms with Gasteiger partial charge in [0.05, 0.1) is 18.2 Å². The second-order valence-corrected chi connectivity index (χ2v) is 9.61. The maximum absolute atomic E-state index is 12.9. The molecule has 2 aromatic rings. The molecule has 1 saturated carbocycles. The summed E-state index contributed by atoms with van der Waals surface area (Å²) in [6.45, 7) is 1.96. The topological polar surface area (TPSA) is 132 Å². The largest absolute Gasteiger partial charge is 0.381 e. The second kappa shape index (κ2) is 11.5. The first-order valence-electron chi connectivity index (χ1n) is 12.2. The van der Waals surface area contributed by atoms with Gasteiger partial charge < -0.3 is 9.64 Å². The Bertz CT molecular complexity index is 1220. The molecule has 3 heterocycles. The van der Waals surface area contributed by atoms with E-state index in [1.54, 1.807) is 37.3 Å². The fourth-order valence-electron chi connectivity index (χ4n) is 4.59. The third-order valence-electron chi connectivity index (χ3n) is 7.01. The number of rotatable bonds is 8. The van der Waals surface area contributed by atoms with Gasteiger partial charge in [-0.3, -0.25) is 24.7 Å². The summed E-state index contributed by atoms with van der Waals surface area (Å²) in [5, 5.41) is 12.2. The van der Waals surface area contributed by atoms with E-state index >= 15 is 0 Å². The van der Waals surface area contributed by atoms with Gasteiger partial charge in [-0.15, -0.1) is 0 Å². The first-order valence-corrected chi connectivity index (χ1v) is 12.2. The summed E-state index contributed by atoms with van der Waals surface area (Å²) in [6, 6.07) is 6.76. The molecule has 194 valence electrons. The molecule has 2 fully saturated rings. The third-order valence-corrected chi connectivity index (χ3v) is 7.01. The number of hydrogen-bond donors (Lipinski definition) is 1. The number of piperazine rings is 1. The lowest BCUT2D eigenvalue weighted by Crippen LogP contribution is -2.48. The monoisotopic (exact) mass is 505 g/mol. The minimum Gasteiger partial charge on any atom is -0.381 e. The molecule has 0 aromatic carbocycles. The molecule has 0 radical (unpaired) electrons. The Morgan fingerprint density at radius 1 is 1.32 bits per heavy atom. The highest BCUT2D eigenvalue weighted by Gasteiger charge is 2.30. The predicted molar refractivity (Wildman–Crippen MR) is 136 cm³/mol. The summed E-state index contributed by atoms with van der Waals surface area (Å²) in [6.07, 6.45) is 4.96. The van der Waals surface area contributed by atoms with E-state index in [2.05, 4.69) is 21.4 Å². The molecule has 4 rings (SSSR count). The molecule has 0 atom stereocenters. The van der Waals surface area contributed by atoms with Crippen molar-refractivity contribution in [3.63, 3.8) is 0 Å². The number of likely N-dealkylation sites (N-methyl/N-ethyl adjacent to an activating group) is 1. The van der Waals surface area contributed by atoms with E-state index in [1.165, 1.54) is 11.1 Å². The van der Waals surface area contributed by atoms with Crippen molar-refractivity contribution in [3.8, 4) is 6.07 Å². The Morgan fingerprint density at radius 2 is 2.11 bits per heavy atom. The van der Waals surface area contributed by atoms with Crippen LogP contribution in [0, 0.1) is 17.2 Å². The molecule has 1 N–H and O–H groups in total. The van der Waals surface area contributed by atoms with Gasteiger partial charge in [-0.1, -0.05) is 6.07 Å². The number of anilines is 2. The van der Waals surface area contributed by atoms with Crippen molar-refractivity contribution in [2.75, 3.05) is 51.1 Å². The van der Waals surface area contributed by atoms with Gasteiger partial charge in [0.25, 0.3) is 0 Å². The standard InChI is InChI=1S/C26H31N7O4/c1-31-6-7-33(25(35)15-31)14-18-4-5-24(29-22(18)16-34)32(2)26(36)30-23-11-19(20(12-27)13-28-23)8-17-9-21(10-17)37-3/h4-5,11,13,16-17,21H,6-10,14-15H2,1-3H3,(H,28,30,36). The number of urea groups is 1. The van der Waals surface area contributed by atoms with Crippen molar-refractivity contribution in [1.29, 1.82) is 5.26 Å². The first-order chi connectivity index (χ1) is 17.8. The molecular formula is C26H31N7O4. The van der Waals surface area contributed by atoms with Crippen LogP contribution in [-0.4, -0.2) is 84.9 Å². The molecule has 11 heteroatoms. The molecule has 1 saturated heterocycles. The van der Waals surface area contributed by atoms with E-state index in [9.17, 15) is 19.6 Å². The van der Waals surface area contributed by atoms with Gasteiger partial charge in [0.1, 0.15) is 23.4 Å². The van der Waals surface area contributed by atoms with Crippen LogP contribution in [0.25, 0.3) is 0 Å². The molecular weight excluding hydrogens is 474 g/mol. The molecule has 37 heavy (non-hydrogen) atoms. The van der Waals surface area contributed by atoms with Crippen molar-refractivity contribution >= 4 is 29.9 Å². The van der Waals surface area contributed by atoms with Crippen molar-refractivity contribution < 1.29 is 19.1 Å². The number of carbonyl (C=O) groups excluding carboxylic acids is 3. The number of aldehydes is 1. The quantitative estimate of drug-likeness (QED) is 0.540. The average Bonchev–Trinajstić information content (AvgIpc) is 2.87. The number of hydrogen-bond acceptors (Lipinski definition) is 8. The Labute approximate surface area is 216 Å². The average molecular weight is 506 g/mol. The lowest BCUT2D eigenvalue weighted by molar-refractivity contribution is -0.136. The van der Waals surface area contributed by atoms with E-state index in [1.807, 2.05) is 11.9 Å². The predicted octanol–water partition coefficient (Wildman–Crippen LogP) is 2.07. The fourth-order valence-corrected chi connectivity index (χ4v) is 4.59. The van der Waals surface area contributed by atoms with Crippen LogP contribution in [0.4, 0.5) is 16.4 Å². The summed E-state index contributed by atoms with van der Waals surface area (Å²) in [5.74, 6) is 1.03. The lowest BCUT2D eigenvalue weighted by atomic mass is 9.78. The highest BCUT2D eigenvalue weighted by atomic mass is 16.5. The van der Waals surface area contributed by atoms with Crippen LogP contribution in [0.3, 0.4) is 0 Å². The zero-order valence-corrected chi connectivity index (χ0v) is 21.3. The number of ether oxygens (including phenoxy) is 1. The molecule has 1 aliphatic carbocycles. The van der Waals surface area contributed by atoms with E-state index in [-0.39, 0.29) is 30.1 Å². The van der Waals surface area contributed by atoms with Gasteiger partial charge in [0.15, 0.2) is 6.29 Å². The smallest absolute Gasteiger partial charge is 0.328 e. The van der Waals surface area contributed by atoms with E-state index in [0.717, 1.165) is 24.9 Å². The summed E-state index contributed by atoms with van der Waals surface area (Å²) in [4.78, 5) is 50.5. The Hall–Kier alpha value is -3.88. The minimum absolute atomic E-state index is 0.00344. The number of nitriles is 1. The van der Waals surface area contributed by atoms with Crippen molar-refractivity contribution in [1.82, 2.24) is 19.8 Å². The first kappa shape index (κ1) is 26.2. The second-order valence-electron chi connectivity index (χ2n) is 9.61. The van der Waals surface area contributed by atoms with Gasteiger partial charge in [-0.25, -0.2) is 14.8 Å². The SMILES string of the molecule is COC1CC(Cc2cc(NC(=O)N(C)c3ccc(CN4CCN(C)CC4=O)c(C=O)n3)ncc2C#N)C1. The van der Waals surface area contributed by atoms with Crippen LogP contribution in [0.2, 0.25) is 0 Å². The van der Waals surface area contributed by atoms with Crippen LogP contribution >= 0.6 is 0 Å². The number of pyridine rings is 2. The molecule has 2 aliphatic rings. The van der Waals surface area contributed by atoms with Crippen LogP contribution in [0.5, 0.6) is 0 Å². The molecule has 2 aromatic heterocycles. The number of carbonyl (C=O) groups is 3. The maximum atomic E-state index is 12.9. The Balaban J connectivity index is 1.43. The highest BCUT2D eigenvalue weighted by Crippen LogP contribution is 2.33. The maximum Gasteiger partial charge on any atom is 0.328 e. The summed E-state index contributed by atoms with van der Waals surface area (Å²) in [5.41, 5.74) is 2.12. The minimum atomic E-state index is -0.488. The molecule has 0 spiro atoms. The van der Waals surface area contributed by atoms with Crippen LogP contribution in [0.15, 0.2) is 24.4 Å². The number of methoxy groups -OCH3 is 1. The third kappa shape index (κ3) is 6.10. The lowest BCUT2D eigenvalue weighted by Gasteiger charge is -2.34. The van der Waals surface area contributed by atoms with Crippen LogP contribution in [0.1, 0.15) is 40.0 Å². The van der Waals surface area contributed by atoms with E-state index in [0.29, 0.717) is 48.7 Å².